The molecule has 14 heavy (non-hydrogen) atoms. The van der Waals surface area contributed by atoms with E-state index >= 15 is 0 Å². The molecule has 1 rings (SSSR count). The summed E-state index contributed by atoms with van der Waals surface area (Å²) in [5.41, 5.74) is 0. The topological polar surface area (TPSA) is 64.1 Å². The molecule has 1 heterocycles. The van der Waals surface area contributed by atoms with E-state index in [9.17, 15) is 4.79 Å². The summed E-state index contributed by atoms with van der Waals surface area (Å²) in [5.74, 6) is 0.0916. The Kier molecular flexibility index (Phi) is 4.78. The maximum Gasteiger partial charge on any atom is 0.264 e. The molecule has 1 N–H and O–H groups in total. The number of nitrogens with one attached hydrogen (secondary N) is 1. The third-order valence-electron chi connectivity index (χ3n) is 1.47. The summed E-state index contributed by atoms with van der Waals surface area (Å²) in [6.45, 7) is 0.390. The van der Waals surface area contributed by atoms with Gasteiger partial charge in [0.2, 0.25) is 0 Å². The Morgan fingerprint density at radius 2 is 2.64 bits per heavy atom. The van der Waals surface area contributed by atoms with E-state index in [2.05, 4.69) is 14.9 Å². The van der Waals surface area contributed by atoms with E-state index in [-0.39, 0.29) is 11.9 Å². The zero-order valence-electron chi connectivity index (χ0n) is 7.57. The molecular weight excluding hydrogens is 226 g/mol. The average Bonchev–Trinajstić information content (AvgIpc) is 2.69. The molecule has 1 aromatic rings. The first-order valence-electron chi connectivity index (χ1n) is 3.91. The van der Waals surface area contributed by atoms with Crippen LogP contribution < -0.4 is 5.32 Å². The average molecular weight is 236 g/mol. The van der Waals surface area contributed by atoms with E-state index in [0.29, 0.717) is 17.4 Å². The first-order valence-corrected chi connectivity index (χ1v) is 5.21. The molecule has 0 aliphatic heterocycles. The Morgan fingerprint density at radius 1 is 1.86 bits per heavy atom. The number of ether oxygens (including phenoxy) is 1. The van der Waals surface area contributed by atoms with Crippen molar-refractivity contribution in [3.63, 3.8) is 0 Å². The fourth-order valence-electron chi connectivity index (χ4n) is 0.850. The maximum atomic E-state index is 11.5. The fourth-order valence-corrected chi connectivity index (χ4v) is 1.43. The van der Waals surface area contributed by atoms with E-state index in [1.165, 1.54) is 6.20 Å². The van der Waals surface area contributed by atoms with Crippen LogP contribution in [-0.2, 0) is 4.74 Å². The lowest BCUT2D eigenvalue weighted by Crippen LogP contribution is -2.39. The molecule has 7 heteroatoms. The number of alkyl halides is 1. The van der Waals surface area contributed by atoms with Gasteiger partial charge in [0.15, 0.2) is 0 Å². The molecule has 0 bridgehead atoms. The lowest BCUT2D eigenvalue weighted by molar-refractivity contribution is 0.0910. The van der Waals surface area contributed by atoms with E-state index < -0.39 is 0 Å². The third kappa shape index (κ3) is 3.21. The van der Waals surface area contributed by atoms with Crippen LogP contribution in [0, 0.1) is 0 Å². The van der Waals surface area contributed by atoms with Gasteiger partial charge in [0, 0.05) is 13.0 Å². The van der Waals surface area contributed by atoms with E-state index in [4.69, 9.17) is 16.3 Å². The number of carbonyl (C=O) groups excluding carboxylic acids is 1. The molecule has 0 radical (unpaired) electrons. The zero-order valence-corrected chi connectivity index (χ0v) is 9.14. The second-order valence-electron chi connectivity index (χ2n) is 2.56. The van der Waals surface area contributed by atoms with Crippen LogP contribution in [0.25, 0.3) is 0 Å². The van der Waals surface area contributed by atoms with Gasteiger partial charge in [-0.2, -0.15) is 0 Å². The molecule has 0 saturated heterocycles. The molecule has 0 aromatic carbocycles. The van der Waals surface area contributed by atoms with Crippen molar-refractivity contribution < 1.29 is 9.53 Å². The molecule has 1 atom stereocenters. The Hall–Kier alpha value is -0.720. The highest BCUT2D eigenvalue weighted by Crippen LogP contribution is 2.02. The van der Waals surface area contributed by atoms with Crippen molar-refractivity contribution in [3.8, 4) is 0 Å². The largest absolute Gasteiger partial charge is 0.383 e. The Bertz CT molecular complexity index is 280. The van der Waals surface area contributed by atoms with Gasteiger partial charge in [0.1, 0.15) is 4.88 Å². The van der Waals surface area contributed by atoms with Gasteiger partial charge >= 0.3 is 0 Å². The van der Waals surface area contributed by atoms with Crippen molar-refractivity contribution in [2.24, 2.45) is 0 Å². The van der Waals surface area contributed by atoms with Gasteiger partial charge in [0.25, 0.3) is 5.91 Å². The van der Waals surface area contributed by atoms with Gasteiger partial charge in [-0.15, -0.1) is 16.7 Å². The highest BCUT2D eigenvalue weighted by molar-refractivity contribution is 7.07. The van der Waals surface area contributed by atoms with Crippen molar-refractivity contribution in [2.75, 3.05) is 19.6 Å². The lowest BCUT2D eigenvalue weighted by Gasteiger charge is -2.13. The van der Waals surface area contributed by atoms with Gasteiger partial charge < -0.3 is 10.1 Å². The van der Waals surface area contributed by atoms with Crippen LogP contribution >= 0.6 is 23.1 Å². The molecule has 78 valence electrons. The first kappa shape index (κ1) is 11.4. The van der Waals surface area contributed by atoms with Crippen LogP contribution in [0.2, 0.25) is 0 Å². The molecule has 0 saturated carbocycles. The summed E-state index contributed by atoms with van der Waals surface area (Å²) in [4.78, 5) is 11.9. The quantitative estimate of drug-likeness (QED) is 0.756. The zero-order chi connectivity index (χ0) is 10.4. The van der Waals surface area contributed by atoms with Gasteiger partial charge in [-0.1, -0.05) is 4.49 Å². The van der Waals surface area contributed by atoms with Crippen LogP contribution in [0.3, 0.4) is 0 Å². The highest BCUT2D eigenvalue weighted by atomic mass is 35.5. The van der Waals surface area contributed by atoms with Gasteiger partial charge in [-0.3, -0.25) is 4.79 Å². The summed E-state index contributed by atoms with van der Waals surface area (Å²) in [7, 11) is 1.56. The number of halogens is 1. The van der Waals surface area contributed by atoms with Crippen molar-refractivity contribution in [3.05, 3.63) is 11.1 Å². The molecule has 5 nitrogen and oxygen atoms in total. The normalized spacial score (nSPS) is 12.4. The highest BCUT2D eigenvalue weighted by Gasteiger charge is 2.14. The van der Waals surface area contributed by atoms with Crippen LogP contribution in [0.1, 0.15) is 9.67 Å². The van der Waals surface area contributed by atoms with Crippen LogP contribution in [0.4, 0.5) is 0 Å². The van der Waals surface area contributed by atoms with Crippen molar-refractivity contribution in [1.29, 1.82) is 0 Å². The lowest BCUT2D eigenvalue weighted by atomic mass is 10.3. The number of rotatable bonds is 5. The molecule has 0 aliphatic rings. The third-order valence-corrected chi connectivity index (χ3v) is 2.51. The maximum absolute atomic E-state index is 11.5. The van der Waals surface area contributed by atoms with Gasteiger partial charge in [0.05, 0.1) is 18.8 Å². The minimum Gasteiger partial charge on any atom is -0.383 e. The Balaban J connectivity index is 2.47. The molecule has 0 aliphatic carbocycles. The fraction of sp³-hybridized carbons (Fsp3) is 0.571. The van der Waals surface area contributed by atoms with Gasteiger partial charge in [-0.25, -0.2) is 0 Å². The van der Waals surface area contributed by atoms with Crippen molar-refractivity contribution >= 4 is 29.0 Å². The summed E-state index contributed by atoms with van der Waals surface area (Å²) in [6, 6.07) is -0.184. The summed E-state index contributed by atoms with van der Waals surface area (Å²) < 4.78 is 8.48. The molecule has 1 aromatic heterocycles. The molecule has 1 amide bonds. The molecule has 1 unspecified atom stereocenters. The van der Waals surface area contributed by atoms with E-state index in [1.807, 2.05) is 0 Å². The molecular formula is C7H10ClN3O2S. The minimum atomic E-state index is -0.220. The SMILES string of the molecule is COCC(CCl)NC(=O)c1cnns1. The van der Waals surface area contributed by atoms with Gasteiger partial charge in [-0.05, 0) is 11.5 Å². The number of hydrogen-bond donors (Lipinski definition) is 1. The number of methoxy groups -OCH3 is 1. The second-order valence-corrected chi connectivity index (χ2v) is 3.66. The van der Waals surface area contributed by atoms with E-state index in [1.54, 1.807) is 7.11 Å². The van der Waals surface area contributed by atoms with Crippen LogP contribution in [-0.4, -0.2) is 41.1 Å². The van der Waals surface area contributed by atoms with Crippen LogP contribution in [0.5, 0.6) is 0 Å². The summed E-state index contributed by atoms with van der Waals surface area (Å²) in [6.07, 6.45) is 1.41. The summed E-state index contributed by atoms with van der Waals surface area (Å²) >= 11 is 6.67. The van der Waals surface area contributed by atoms with Crippen molar-refractivity contribution in [1.82, 2.24) is 14.9 Å². The first-order chi connectivity index (χ1) is 6.77. The van der Waals surface area contributed by atoms with Crippen molar-refractivity contribution in [2.45, 2.75) is 6.04 Å². The Morgan fingerprint density at radius 3 is 3.14 bits per heavy atom. The Labute approximate surface area is 90.6 Å². The number of hydrogen-bond acceptors (Lipinski definition) is 5. The number of aromatic nitrogens is 2. The standard InChI is InChI=1S/C7H10ClN3O2S/c1-13-4-5(2-8)10-7(12)6-3-9-11-14-6/h3,5H,2,4H2,1H3,(H,10,12). The number of amides is 1. The molecule has 0 fully saturated rings. The van der Waals surface area contributed by atoms with Crippen LogP contribution in [0.15, 0.2) is 6.20 Å². The predicted octanol–water partition coefficient (Wildman–Crippen LogP) is 0.522. The predicted molar refractivity (Wildman–Crippen MR) is 53.8 cm³/mol. The van der Waals surface area contributed by atoms with E-state index in [0.717, 1.165) is 11.5 Å². The number of carbonyl (C=O) groups is 1. The smallest absolute Gasteiger partial charge is 0.264 e. The minimum absolute atomic E-state index is 0.184. The summed E-state index contributed by atoms with van der Waals surface area (Å²) in [5, 5.41) is 6.27. The second kappa shape index (κ2) is 5.90. The monoisotopic (exact) mass is 235 g/mol. The molecule has 0 spiro atoms. The number of nitrogens with zero attached hydrogens (tertiary/aromatic N) is 2.